The van der Waals surface area contributed by atoms with E-state index in [1.54, 1.807) is 11.2 Å². The van der Waals surface area contributed by atoms with Gasteiger partial charge in [0.1, 0.15) is 0 Å². The van der Waals surface area contributed by atoms with Crippen molar-refractivity contribution in [2.45, 2.75) is 13.0 Å². The number of hydrogen-bond acceptors (Lipinski definition) is 7. The van der Waals surface area contributed by atoms with Gasteiger partial charge in [-0.3, -0.25) is 4.21 Å². The predicted molar refractivity (Wildman–Crippen MR) is 70.6 cm³/mol. The van der Waals surface area contributed by atoms with Crippen molar-refractivity contribution < 1.29 is 4.21 Å². The van der Waals surface area contributed by atoms with Crippen LogP contribution in [0.15, 0.2) is 0 Å². The maximum Gasteiger partial charge on any atom is 0.231 e. The second-order valence-corrected chi connectivity index (χ2v) is 5.48. The molecule has 0 saturated carbocycles. The average Bonchev–Trinajstić information content (AvgIpc) is 2.14. The Bertz CT molecular complexity index is 410. The highest BCUT2D eigenvalue weighted by Crippen LogP contribution is 2.10. The lowest BCUT2D eigenvalue weighted by molar-refractivity contribution is 0.682. The topological polar surface area (TPSA) is 97.0 Å². The molecule has 17 heavy (non-hydrogen) atoms. The first-order valence-corrected chi connectivity index (χ1v) is 6.86. The van der Waals surface area contributed by atoms with Crippen molar-refractivity contribution in [3.8, 4) is 0 Å². The number of anilines is 3. The van der Waals surface area contributed by atoms with Gasteiger partial charge in [-0.05, 0) is 6.92 Å². The molecule has 0 saturated heterocycles. The molecule has 0 bridgehead atoms. The van der Waals surface area contributed by atoms with E-state index in [4.69, 9.17) is 5.73 Å². The first-order valence-electron chi connectivity index (χ1n) is 5.14. The van der Waals surface area contributed by atoms with Crippen LogP contribution in [0, 0.1) is 0 Å². The Labute approximate surface area is 103 Å². The van der Waals surface area contributed by atoms with Gasteiger partial charge in [-0.25, -0.2) is 0 Å². The Balaban J connectivity index is 2.80. The van der Waals surface area contributed by atoms with Crippen molar-refractivity contribution in [1.82, 2.24) is 15.0 Å². The zero-order valence-corrected chi connectivity index (χ0v) is 11.3. The Morgan fingerprint density at radius 1 is 1.41 bits per heavy atom. The zero-order chi connectivity index (χ0) is 13.0. The molecule has 0 aliphatic heterocycles. The highest BCUT2D eigenvalue weighted by Gasteiger charge is 2.09. The van der Waals surface area contributed by atoms with Crippen LogP contribution in [0.5, 0.6) is 0 Å². The molecular formula is C9H18N6OS. The minimum atomic E-state index is -0.864. The van der Waals surface area contributed by atoms with E-state index in [-0.39, 0.29) is 12.0 Å². The molecule has 0 aliphatic rings. The van der Waals surface area contributed by atoms with E-state index in [1.807, 2.05) is 21.0 Å². The maximum atomic E-state index is 11.1. The van der Waals surface area contributed by atoms with Crippen molar-refractivity contribution in [2.24, 2.45) is 0 Å². The number of nitrogens with one attached hydrogen (secondary N) is 1. The molecule has 96 valence electrons. The Hall–Kier alpha value is -1.44. The Kier molecular flexibility index (Phi) is 4.62. The van der Waals surface area contributed by atoms with Gasteiger partial charge in [-0.15, -0.1) is 0 Å². The lowest BCUT2D eigenvalue weighted by atomic mass is 10.4. The second-order valence-electron chi connectivity index (χ2n) is 4.00. The fourth-order valence-electron chi connectivity index (χ4n) is 1.26. The number of rotatable bonds is 5. The van der Waals surface area contributed by atoms with Crippen molar-refractivity contribution in [3.63, 3.8) is 0 Å². The fourth-order valence-corrected chi connectivity index (χ4v) is 2.05. The predicted octanol–water partition coefficient (Wildman–Crippen LogP) is -0.301. The molecule has 0 aromatic carbocycles. The SMILES string of the molecule is CC(CS(C)=O)Nc1nc(N)nc(N(C)C)n1. The summed E-state index contributed by atoms with van der Waals surface area (Å²) in [4.78, 5) is 13.9. The van der Waals surface area contributed by atoms with Crippen molar-refractivity contribution >= 4 is 28.6 Å². The summed E-state index contributed by atoms with van der Waals surface area (Å²) >= 11 is 0. The summed E-state index contributed by atoms with van der Waals surface area (Å²) in [6, 6.07) is 0.0117. The van der Waals surface area contributed by atoms with E-state index in [0.29, 0.717) is 17.6 Å². The van der Waals surface area contributed by atoms with E-state index in [2.05, 4.69) is 20.3 Å². The van der Waals surface area contributed by atoms with E-state index in [0.717, 1.165) is 0 Å². The van der Waals surface area contributed by atoms with Gasteiger partial charge in [-0.2, -0.15) is 15.0 Å². The summed E-state index contributed by atoms with van der Waals surface area (Å²) < 4.78 is 11.1. The minimum Gasteiger partial charge on any atom is -0.368 e. The monoisotopic (exact) mass is 258 g/mol. The summed E-state index contributed by atoms with van der Waals surface area (Å²) in [5, 5.41) is 3.05. The standard InChI is InChI=1S/C9H18N6OS/c1-6(5-17(4)16)11-8-12-7(10)13-9(14-8)15(2)3/h6H,5H2,1-4H3,(H3,10,11,12,13,14). The van der Waals surface area contributed by atoms with Crippen molar-refractivity contribution in [3.05, 3.63) is 0 Å². The van der Waals surface area contributed by atoms with Crippen LogP contribution < -0.4 is 16.0 Å². The molecule has 0 amide bonds. The lowest BCUT2D eigenvalue weighted by Crippen LogP contribution is -2.25. The minimum absolute atomic E-state index is 0.0117. The van der Waals surface area contributed by atoms with Gasteiger partial charge < -0.3 is 16.0 Å². The van der Waals surface area contributed by atoms with Crippen LogP contribution in [0.1, 0.15) is 6.92 Å². The Morgan fingerprint density at radius 2 is 2.06 bits per heavy atom. The van der Waals surface area contributed by atoms with E-state index in [1.165, 1.54) is 0 Å². The summed E-state index contributed by atoms with van der Waals surface area (Å²) in [5.41, 5.74) is 5.59. The molecule has 0 fully saturated rings. The molecule has 1 aromatic rings. The molecule has 0 spiro atoms. The van der Waals surface area contributed by atoms with E-state index in [9.17, 15) is 4.21 Å². The molecule has 0 aliphatic carbocycles. The summed E-state index contributed by atoms with van der Waals surface area (Å²) in [5.74, 6) is 1.59. The van der Waals surface area contributed by atoms with Crippen LogP contribution in [0.4, 0.5) is 17.8 Å². The van der Waals surface area contributed by atoms with Crippen LogP contribution in [-0.2, 0) is 10.8 Å². The molecule has 1 heterocycles. The molecule has 0 radical (unpaired) electrons. The van der Waals surface area contributed by atoms with Gasteiger partial charge in [0.2, 0.25) is 17.8 Å². The highest BCUT2D eigenvalue weighted by atomic mass is 32.2. The highest BCUT2D eigenvalue weighted by molar-refractivity contribution is 7.84. The molecule has 1 rings (SSSR count). The van der Waals surface area contributed by atoms with Crippen LogP contribution in [0.25, 0.3) is 0 Å². The first-order chi connectivity index (χ1) is 7.88. The van der Waals surface area contributed by atoms with Gasteiger partial charge in [0.15, 0.2) is 0 Å². The van der Waals surface area contributed by atoms with Crippen molar-refractivity contribution in [1.29, 1.82) is 0 Å². The molecular weight excluding hydrogens is 240 g/mol. The molecule has 2 unspecified atom stereocenters. The van der Waals surface area contributed by atoms with Gasteiger partial charge in [-0.1, -0.05) is 0 Å². The number of hydrogen-bond donors (Lipinski definition) is 2. The van der Waals surface area contributed by atoms with Crippen molar-refractivity contribution in [2.75, 3.05) is 42.1 Å². The number of nitrogens with two attached hydrogens (primary N) is 1. The first kappa shape index (κ1) is 13.6. The van der Waals surface area contributed by atoms with Gasteiger partial charge in [0.05, 0.1) is 0 Å². The van der Waals surface area contributed by atoms with Crippen LogP contribution in [0.2, 0.25) is 0 Å². The second kappa shape index (κ2) is 5.76. The average molecular weight is 258 g/mol. The Morgan fingerprint density at radius 3 is 2.59 bits per heavy atom. The molecule has 1 aromatic heterocycles. The smallest absolute Gasteiger partial charge is 0.231 e. The third-order valence-corrected chi connectivity index (χ3v) is 2.87. The zero-order valence-electron chi connectivity index (χ0n) is 10.5. The van der Waals surface area contributed by atoms with Gasteiger partial charge >= 0.3 is 0 Å². The maximum absolute atomic E-state index is 11.1. The van der Waals surface area contributed by atoms with E-state index >= 15 is 0 Å². The van der Waals surface area contributed by atoms with Crippen LogP contribution in [0.3, 0.4) is 0 Å². The fraction of sp³-hybridized carbons (Fsp3) is 0.667. The quantitative estimate of drug-likeness (QED) is 0.748. The molecule has 2 atom stereocenters. The molecule has 7 nitrogen and oxygen atoms in total. The van der Waals surface area contributed by atoms with Gasteiger partial charge in [0, 0.05) is 42.9 Å². The summed E-state index contributed by atoms with van der Waals surface area (Å²) in [6.45, 7) is 1.91. The van der Waals surface area contributed by atoms with Crippen LogP contribution >= 0.6 is 0 Å². The number of nitrogen functional groups attached to an aromatic ring is 1. The van der Waals surface area contributed by atoms with Gasteiger partial charge in [0.25, 0.3) is 0 Å². The summed E-state index contributed by atoms with van der Waals surface area (Å²) in [6.07, 6.45) is 1.66. The molecule has 3 N–H and O–H groups in total. The number of nitrogens with zero attached hydrogens (tertiary/aromatic N) is 4. The summed E-state index contributed by atoms with van der Waals surface area (Å²) in [7, 11) is 2.78. The molecule has 8 heteroatoms. The van der Waals surface area contributed by atoms with E-state index < -0.39 is 10.8 Å². The number of aromatic nitrogens is 3. The normalized spacial score (nSPS) is 14.1. The van der Waals surface area contributed by atoms with Crippen LogP contribution in [-0.4, -0.2) is 51.3 Å². The third-order valence-electron chi connectivity index (χ3n) is 1.90. The third kappa shape index (κ3) is 4.51. The lowest BCUT2D eigenvalue weighted by Gasteiger charge is -2.15. The largest absolute Gasteiger partial charge is 0.368 e.